The Hall–Kier alpha value is -1.59. The molecule has 0 spiro atoms. The largest absolute Gasteiger partial charge is 0.390 e. The van der Waals surface area contributed by atoms with E-state index in [0.717, 1.165) is 0 Å². The van der Waals surface area contributed by atoms with Crippen LogP contribution < -0.4 is 0 Å². The number of hydrogen-bond donors (Lipinski definition) is 2. The molecule has 1 rings (SSSR count). The van der Waals surface area contributed by atoms with E-state index in [0.29, 0.717) is 11.8 Å². The predicted octanol–water partition coefficient (Wildman–Crippen LogP) is 1.86. The minimum absolute atomic E-state index is 0.219. The van der Waals surface area contributed by atoms with Gasteiger partial charge in [0.1, 0.15) is 12.4 Å². The molecular formula is C10H10ClN3O3. The zero-order chi connectivity index (χ0) is 12.8. The second-order valence-electron chi connectivity index (χ2n) is 3.32. The van der Waals surface area contributed by atoms with Crippen LogP contribution in [-0.2, 0) is 0 Å². The Balaban J connectivity index is 2.97. The SMILES string of the molecule is [N-]=[N+]=NCC(O)C(O)c1cc(C=O)ccc1Cl. The number of aldehydes is 1. The Morgan fingerprint density at radius 3 is 2.82 bits per heavy atom. The van der Waals surface area contributed by atoms with Gasteiger partial charge >= 0.3 is 0 Å². The third-order valence-corrected chi connectivity index (χ3v) is 2.52. The van der Waals surface area contributed by atoms with Crippen LogP contribution in [-0.4, -0.2) is 29.1 Å². The van der Waals surface area contributed by atoms with E-state index in [2.05, 4.69) is 10.0 Å². The van der Waals surface area contributed by atoms with E-state index >= 15 is 0 Å². The summed E-state index contributed by atoms with van der Waals surface area (Å²) in [5.41, 5.74) is 8.65. The Morgan fingerprint density at radius 2 is 2.24 bits per heavy atom. The van der Waals surface area contributed by atoms with Gasteiger partial charge in [-0.1, -0.05) is 22.8 Å². The van der Waals surface area contributed by atoms with Crippen LogP contribution in [0.25, 0.3) is 10.4 Å². The summed E-state index contributed by atoms with van der Waals surface area (Å²) >= 11 is 5.84. The van der Waals surface area contributed by atoms with Crippen LogP contribution in [0.5, 0.6) is 0 Å². The highest BCUT2D eigenvalue weighted by Gasteiger charge is 2.20. The maximum absolute atomic E-state index is 10.6. The van der Waals surface area contributed by atoms with Crippen LogP contribution in [0.2, 0.25) is 5.02 Å². The van der Waals surface area contributed by atoms with Crippen LogP contribution in [0, 0.1) is 0 Å². The quantitative estimate of drug-likeness (QED) is 0.363. The molecule has 90 valence electrons. The van der Waals surface area contributed by atoms with Gasteiger partial charge in [0.2, 0.25) is 0 Å². The first-order valence-corrected chi connectivity index (χ1v) is 5.09. The number of hydrogen-bond acceptors (Lipinski definition) is 4. The Bertz CT molecular complexity index is 460. The van der Waals surface area contributed by atoms with Gasteiger partial charge in [-0.3, -0.25) is 4.79 Å². The van der Waals surface area contributed by atoms with Gasteiger partial charge < -0.3 is 10.2 Å². The molecule has 1 aromatic carbocycles. The Labute approximate surface area is 102 Å². The van der Waals surface area contributed by atoms with Gasteiger partial charge in [-0.15, -0.1) is 0 Å². The van der Waals surface area contributed by atoms with Crippen LogP contribution in [0.15, 0.2) is 23.3 Å². The number of carbonyl (C=O) groups excluding carboxylic acids is 1. The molecular weight excluding hydrogens is 246 g/mol. The first kappa shape index (κ1) is 13.5. The van der Waals surface area contributed by atoms with Crippen LogP contribution in [0.4, 0.5) is 0 Å². The smallest absolute Gasteiger partial charge is 0.150 e. The fourth-order valence-electron chi connectivity index (χ4n) is 1.29. The van der Waals surface area contributed by atoms with Crippen LogP contribution in [0.3, 0.4) is 0 Å². The van der Waals surface area contributed by atoms with E-state index in [1.165, 1.54) is 18.2 Å². The van der Waals surface area contributed by atoms with E-state index in [1.54, 1.807) is 0 Å². The standard InChI is InChI=1S/C10H10ClN3O3/c11-8-2-1-6(5-15)3-7(8)10(17)9(16)4-13-14-12/h1-3,5,9-10,16-17H,4H2. The molecule has 2 N–H and O–H groups in total. The topological polar surface area (TPSA) is 106 Å². The number of carbonyl (C=O) groups is 1. The van der Waals surface area contributed by atoms with Crippen LogP contribution >= 0.6 is 11.6 Å². The molecule has 0 bridgehead atoms. The predicted molar refractivity (Wildman–Crippen MR) is 61.8 cm³/mol. The highest BCUT2D eigenvalue weighted by molar-refractivity contribution is 6.31. The van der Waals surface area contributed by atoms with Gasteiger partial charge in [-0.2, -0.15) is 0 Å². The first-order valence-electron chi connectivity index (χ1n) is 4.71. The molecule has 2 unspecified atom stereocenters. The molecule has 1 aromatic rings. The van der Waals surface area contributed by atoms with Gasteiger partial charge in [0.05, 0.1) is 12.6 Å². The van der Waals surface area contributed by atoms with Gasteiger partial charge in [-0.25, -0.2) is 0 Å². The van der Waals surface area contributed by atoms with Crippen molar-refractivity contribution in [1.29, 1.82) is 0 Å². The number of nitrogens with zero attached hydrogens (tertiary/aromatic N) is 3. The normalized spacial score (nSPS) is 13.6. The van der Waals surface area contributed by atoms with Gasteiger partial charge in [0.15, 0.2) is 0 Å². The highest BCUT2D eigenvalue weighted by Crippen LogP contribution is 2.26. The minimum atomic E-state index is -1.31. The molecule has 0 amide bonds. The highest BCUT2D eigenvalue weighted by atomic mass is 35.5. The Kier molecular flexibility index (Phi) is 4.93. The summed E-state index contributed by atoms with van der Waals surface area (Å²) in [6.07, 6.45) is -1.98. The van der Waals surface area contributed by atoms with Crippen molar-refractivity contribution in [2.24, 2.45) is 5.11 Å². The van der Waals surface area contributed by atoms with Crippen molar-refractivity contribution in [3.05, 3.63) is 44.8 Å². The summed E-state index contributed by atoms with van der Waals surface area (Å²) in [4.78, 5) is 13.1. The zero-order valence-electron chi connectivity index (χ0n) is 8.69. The molecule has 0 saturated heterocycles. The van der Waals surface area contributed by atoms with E-state index in [9.17, 15) is 15.0 Å². The van der Waals surface area contributed by atoms with E-state index < -0.39 is 12.2 Å². The molecule has 0 heterocycles. The van der Waals surface area contributed by atoms with Crippen molar-refractivity contribution >= 4 is 17.9 Å². The van der Waals surface area contributed by atoms with Gasteiger partial charge in [-0.05, 0) is 17.7 Å². The molecule has 0 saturated carbocycles. The number of azide groups is 1. The summed E-state index contributed by atoms with van der Waals surface area (Å²) in [6.45, 7) is -0.278. The van der Waals surface area contributed by atoms with Gasteiger partial charge in [0, 0.05) is 21.1 Å². The number of rotatable bonds is 5. The first-order chi connectivity index (χ1) is 8.10. The minimum Gasteiger partial charge on any atom is -0.390 e. The monoisotopic (exact) mass is 255 g/mol. The Morgan fingerprint density at radius 1 is 1.53 bits per heavy atom. The molecule has 0 aliphatic heterocycles. The van der Waals surface area contributed by atoms with Crippen molar-refractivity contribution in [1.82, 2.24) is 0 Å². The molecule has 0 aliphatic carbocycles. The second kappa shape index (κ2) is 6.22. The molecule has 2 atom stereocenters. The van der Waals surface area contributed by atoms with E-state index in [-0.39, 0.29) is 17.1 Å². The number of benzene rings is 1. The average Bonchev–Trinajstić information content (AvgIpc) is 2.35. The second-order valence-corrected chi connectivity index (χ2v) is 3.73. The summed E-state index contributed by atoms with van der Waals surface area (Å²) in [6, 6.07) is 4.31. The molecule has 0 fully saturated rings. The zero-order valence-corrected chi connectivity index (χ0v) is 9.45. The lowest BCUT2D eigenvalue weighted by atomic mass is 10.0. The van der Waals surface area contributed by atoms with E-state index in [1.807, 2.05) is 0 Å². The summed E-state index contributed by atoms with van der Waals surface area (Å²) in [7, 11) is 0. The lowest BCUT2D eigenvalue weighted by Crippen LogP contribution is -2.21. The van der Waals surface area contributed by atoms with E-state index in [4.69, 9.17) is 17.1 Å². The fraction of sp³-hybridized carbons (Fsp3) is 0.300. The third-order valence-electron chi connectivity index (χ3n) is 2.17. The number of aliphatic hydroxyl groups excluding tert-OH is 2. The van der Waals surface area contributed by atoms with Crippen molar-refractivity contribution in [2.45, 2.75) is 12.2 Å². The third kappa shape index (κ3) is 3.44. The fourth-order valence-corrected chi connectivity index (χ4v) is 1.52. The molecule has 0 radical (unpaired) electrons. The average molecular weight is 256 g/mol. The van der Waals surface area contributed by atoms with Crippen molar-refractivity contribution in [2.75, 3.05) is 6.54 Å². The molecule has 0 aliphatic rings. The molecule has 17 heavy (non-hydrogen) atoms. The lowest BCUT2D eigenvalue weighted by molar-refractivity contribution is 0.0244. The van der Waals surface area contributed by atoms with Crippen molar-refractivity contribution in [3.63, 3.8) is 0 Å². The van der Waals surface area contributed by atoms with Gasteiger partial charge in [0.25, 0.3) is 0 Å². The lowest BCUT2D eigenvalue weighted by Gasteiger charge is -2.17. The molecule has 7 heteroatoms. The molecule has 6 nitrogen and oxygen atoms in total. The maximum atomic E-state index is 10.6. The van der Waals surface area contributed by atoms with Crippen molar-refractivity contribution in [3.8, 4) is 0 Å². The molecule has 0 aromatic heterocycles. The summed E-state index contributed by atoms with van der Waals surface area (Å²) in [5.74, 6) is 0. The summed E-state index contributed by atoms with van der Waals surface area (Å²) in [5, 5.41) is 22.7. The number of aliphatic hydroxyl groups is 2. The summed E-state index contributed by atoms with van der Waals surface area (Å²) < 4.78 is 0. The number of halogens is 1. The van der Waals surface area contributed by atoms with Crippen molar-refractivity contribution < 1.29 is 15.0 Å². The van der Waals surface area contributed by atoms with Crippen LogP contribution in [0.1, 0.15) is 22.0 Å². The maximum Gasteiger partial charge on any atom is 0.150 e.